The molecule has 0 amide bonds. The number of hydrogen-bond acceptors (Lipinski definition) is 2. The van der Waals surface area contributed by atoms with Crippen molar-refractivity contribution in [2.24, 2.45) is 5.92 Å². The van der Waals surface area contributed by atoms with Gasteiger partial charge >= 0.3 is 6.18 Å². The Labute approximate surface area is 134 Å². The fourth-order valence-electron chi connectivity index (χ4n) is 3.01. The highest BCUT2D eigenvalue weighted by atomic mass is 19.4. The van der Waals surface area contributed by atoms with E-state index in [0.717, 1.165) is 51.2 Å². The molecule has 1 aliphatic heterocycles. The Morgan fingerprint density at radius 2 is 1.78 bits per heavy atom. The molecule has 1 fully saturated rings. The van der Waals surface area contributed by atoms with E-state index < -0.39 is 17.6 Å². The summed E-state index contributed by atoms with van der Waals surface area (Å²) in [7, 11) is 0. The maximum Gasteiger partial charge on any atom is 0.419 e. The van der Waals surface area contributed by atoms with Crippen molar-refractivity contribution in [3.8, 4) is 0 Å². The number of nitrogens with one attached hydrogen (secondary N) is 1. The fraction of sp³-hybridized carbons (Fsp3) is 0.647. The molecule has 2 rings (SSSR count). The van der Waals surface area contributed by atoms with Gasteiger partial charge in [0, 0.05) is 32.2 Å². The van der Waals surface area contributed by atoms with Gasteiger partial charge in [-0.3, -0.25) is 4.90 Å². The van der Waals surface area contributed by atoms with E-state index in [4.69, 9.17) is 0 Å². The highest BCUT2D eigenvalue weighted by Crippen LogP contribution is 2.34. The van der Waals surface area contributed by atoms with Gasteiger partial charge in [0.25, 0.3) is 0 Å². The van der Waals surface area contributed by atoms with Crippen molar-refractivity contribution in [2.75, 3.05) is 26.2 Å². The smallest absolute Gasteiger partial charge is 0.314 e. The molecular weight excluding hydrogens is 308 g/mol. The van der Waals surface area contributed by atoms with Crippen LogP contribution in [0, 0.1) is 11.7 Å². The summed E-state index contributed by atoms with van der Waals surface area (Å²) in [5.41, 5.74) is -0.553. The first-order valence-electron chi connectivity index (χ1n) is 8.10. The number of benzene rings is 1. The molecule has 1 atom stereocenters. The Bertz CT molecular complexity index is 508. The molecular formula is C17H24F4N2. The second-order valence-electron chi connectivity index (χ2n) is 6.51. The Morgan fingerprint density at radius 3 is 2.30 bits per heavy atom. The predicted molar refractivity (Wildman–Crippen MR) is 82.7 cm³/mol. The van der Waals surface area contributed by atoms with E-state index in [9.17, 15) is 17.6 Å². The van der Waals surface area contributed by atoms with E-state index >= 15 is 0 Å². The van der Waals surface area contributed by atoms with Crippen molar-refractivity contribution in [2.45, 2.75) is 38.9 Å². The topological polar surface area (TPSA) is 15.3 Å². The van der Waals surface area contributed by atoms with E-state index in [1.165, 1.54) is 6.07 Å². The van der Waals surface area contributed by atoms with Crippen LogP contribution in [0.5, 0.6) is 0 Å². The van der Waals surface area contributed by atoms with Gasteiger partial charge in [-0.15, -0.1) is 0 Å². The standard InChI is InChI=1S/C17H24F4N2/c1-12(2)3-6-16(23-9-7-22-8-10-23)13-4-5-14(15(18)11-13)17(19,20)21/h4-5,11-12,16,22H,3,6-10H2,1-2H3/t16-/m1/s1. The van der Waals surface area contributed by atoms with Gasteiger partial charge < -0.3 is 5.32 Å². The summed E-state index contributed by atoms with van der Waals surface area (Å²) in [5.74, 6) is -0.681. The van der Waals surface area contributed by atoms with E-state index in [2.05, 4.69) is 24.1 Å². The molecule has 0 saturated carbocycles. The van der Waals surface area contributed by atoms with Crippen LogP contribution >= 0.6 is 0 Å². The SMILES string of the molecule is CC(C)CC[C@H](c1ccc(C(F)(F)F)c(F)c1)N1CCNCC1. The van der Waals surface area contributed by atoms with Gasteiger partial charge in [0.05, 0.1) is 5.56 Å². The summed E-state index contributed by atoms with van der Waals surface area (Å²) in [4.78, 5) is 2.24. The average molecular weight is 332 g/mol. The number of halogens is 4. The normalized spacial score (nSPS) is 18.4. The van der Waals surface area contributed by atoms with E-state index in [1.807, 2.05) is 0 Å². The third kappa shape index (κ3) is 4.91. The zero-order chi connectivity index (χ0) is 17.0. The van der Waals surface area contributed by atoms with Crippen LogP contribution in [0.25, 0.3) is 0 Å². The summed E-state index contributed by atoms with van der Waals surface area (Å²) < 4.78 is 52.1. The monoisotopic (exact) mass is 332 g/mol. The van der Waals surface area contributed by atoms with Gasteiger partial charge in [-0.25, -0.2) is 4.39 Å². The van der Waals surface area contributed by atoms with Crippen LogP contribution in [0.3, 0.4) is 0 Å². The molecule has 0 aromatic heterocycles. The number of hydrogen-bond donors (Lipinski definition) is 1. The van der Waals surface area contributed by atoms with Crippen LogP contribution < -0.4 is 5.32 Å². The number of piperazine rings is 1. The van der Waals surface area contributed by atoms with Crippen molar-refractivity contribution in [1.29, 1.82) is 0 Å². The zero-order valence-electron chi connectivity index (χ0n) is 13.6. The lowest BCUT2D eigenvalue weighted by atomic mass is 9.94. The average Bonchev–Trinajstić information content (AvgIpc) is 2.47. The molecule has 1 heterocycles. The lowest BCUT2D eigenvalue weighted by Gasteiger charge is -2.36. The zero-order valence-corrected chi connectivity index (χ0v) is 13.6. The number of alkyl halides is 3. The lowest BCUT2D eigenvalue weighted by Crippen LogP contribution is -2.45. The summed E-state index contributed by atoms with van der Waals surface area (Å²) in [6.45, 7) is 7.57. The van der Waals surface area contributed by atoms with Crippen molar-refractivity contribution in [3.63, 3.8) is 0 Å². The van der Waals surface area contributed by atoms with E-state index in [0.29, 0.717) is 11.5 Å². The van der Waals surface area contributed by atoms with Crippen LogP contribution in [0.4, 0.5) is 17.6 Å². The Hall–Kier alpha value is -1.14. The molecule has 1 aliphatic rings. The molecule has 6 heteroatoms. The van der Waals surface area contributed by atoms with Gasteiger partial charge in [-0.05, 0) is 36.5 Å². The fourth-order valence-corrected chi connectivity index (χ4v) is 3.01. The minimum absolute atomic E-state index is 0.0312. The molecule has 0 bridgehead atoms. The molecule has 0 spiro atoms. The van der Waals surface area contributed by atoms with Crippen LogP contribution in [0.15, 0.2) is 18.2 Å². The quantitative estimate of drug-likeness (QED) is 0.812. The maximum absolute atomic E-state index is 13.9. The third-order valence-corrected chi connectivity index (χ3v) is 4.29. The van der Waals surface area contributed by atoms with Gasteiger partial charge in [0.15, 0.2) is 0 Å². The summed E-state index contributed by atoms with van der Waals surface area (Å²) in [6.07, 6.45) is -2.87. The van der Waals surface area contributed by atoms with Gasteiger partial charge in [0.1, 0.15) is 5.82 Å². The van der Waals surface area contributed by atoms with Crippen molar-refractivity contribution in [3.05, 3.63) is 35.1 Å². The number of rotatable bonds is 5. The van der Waals surface area contributed by atoms with Gasteiger partial charge in [0.2, 0.25) is 0 Å². The van der Waals surface area contributed by atoms with Crippen molar-refractivity contribution < 1.29 is 17.6 Å². The second kappa shape index (κ2) is 7.62. The molecule has 1 aromatic rings. The lowest BCUT2D eigenvalue weighted by molar-refractivity contribution is -0.140. The highest BCUT2D eigenvalue weighted by molar-refractivity contribution is 5.28. The summed E-state index contributed by atoms with van der Waals surface area (Å²) in [5, 5.41) is 3.26. The summed E-state index contributed by atoms with van der Waals surface area (Å²) >= 11 is 0. The number of nitrogens with zero attached hydrogens (tertiary/aromatic N) is 1. The molecule has 1 N–H and O–H groups in total. The molecule has 0 aliphatic carbocycles. The first-order chi connectivity index (χ1) is 10.8. The highest BCUT2D eigenvalue weighted by Gasteiger charge is 2.34. The first kappa shape index (κ1) is 18.2. The van der Waals surface area contributed by atoms with Crippen molar-refractivity contribution in [1.82, 2.24) is 10.2 Å². The van der Waals surface area contributed by atoms with Crippen LogP contribution in [-0.2, 0) is 6.18 Å². The van der Waals surface area contributed by atoms with Gasteiger partial charge in [-0.1, -0.05) is 19.9 Å². The second-order valence-corrected chi connectivity index (χ2v) is 6.51. The Kier molecular flexibility index (Phi) is 6.03. The molecule has 2 nitrogen and oxygen atoms in total. The minimum atomic E-state index is -4.65. The first-order valence-corrected chi connectivity index (χ1v) is 8.10. The molecule has 0 unspecified atom stereocenters. The third-order valence-electron chi connectivity index (χ3n) is 4.29. The van der Waals surface area contributed by atoms with E-state index in [-0.39, 0.29) is 6.04 Å². The Balaban J connectivity index is 2.25. The predicted octanol–water partition coefficient (Wildman–Crippen LogP) is 4.23. The van der Waals surface area contributed by atoms with E-state index in [1.54, 1.807) is 0 Å². The summed E-state index contributed by atoms with van der Waals surface area (Å²) in [6, 6.07) is 3.33. The van der Waals surface area contributed by atoms with Gasteiger partial charge in [-0.2, -0.15) is 13.2 Å². The Morgan fingerprint density at radius 1 is 1.13 bits per heavy atom. The van der Waals surface area contributed by atoms with Crippen molar-refractivity contribution >= 4 is 0 Å². The minimum Gasteiger partial charge on any atom is -0.314 e. The maximum atomic E-state index is 13.9. The molecule has 130 valence electrons. The molecule has 1 aromatic carbocycles. The van der Waals surface area contributed by atoms with Crippen LogP contribution in [0.1, 0.15) is 43.9 Å². The largest absolute Gasteiger partial charge is 0.419 e. The molecule has 0 radical (unpaired) electrons. The van der Waals surface area contributed by atoms with Crippen LogP contribution in [-0.4, -0.2) is 31.1 Å². The van der Waals surface area contributed by atoms with Crippen LogP contribution in [0.2, 0.25) is 0 Å². The molecule has 1 saturated heterocycles. The molecule has 23 heavy (non-hydrogen) atoms.